The Kier molecular flexibility index (Phi) is 7.27. The number of nitrogens with zero attached hydrogens (tertiary/aromatic N) is 8. The fourth-order valence-electron chi connectivity index (χ4n) is 6.37. The first-order valence-electron chi connectivity index (χ1n) is 15.4. The zero-order valence-electron chi connectivity index (χ0n) is 25.2. The molecule has 2 saturated heterocycles. The number of piperidine rings is 1. The van der Waals surface area contributed by atoms with Crippen molar-refractivity contribution < 1.29 is 9.50 Å². The zero-order valence-corrected chi connectivity index (χ0v) is 25.2. The lowest BCUT2D eigenvalue weighted by Crippen LogP contribution is -2.52. The van der Waals surface area contributed by atoms with Gasteiger partial charge >= 0.3 is 0 Å². The Morgan fingerprint density at radius 2 is 1.65 bits per heavy atom. The molecule has 2 N–H and O–H groups in total. The molecule has 0 atom stereocenters. The van der Waals surface area contributed by atoms with Crippen molar-refractivity contribution in [2.45, 2.75) is 57.1 Å². The average Bonchev–Trinajstić information content (AvgIpc) is 3.81. The number of aromatic nitrogens is 5. The fraction of sp³-hybridized carbons (Fsp3) is 0.500. The molecule has 0 bridgehead atoms. The summed E-state index contributed by atoms with van der Waals surface area (Å²) in [4.78, 5) is 26.1. The van der Waals surface area contributed by atoms with Crippen LogP contribution in [-0.4, -0.2) is 91.8 Å². The predicted octanol–water partition coefficient (Wildman–Crippen LogP) is 4.41. The SMILES string of the molecule is CN1CCN(C2CCN(c3ccc(Nc4ncc5c(F)c(C6CC6)n(-c6cccc(C(C)(C)O)n6)c5n4)cn3)CC2)CC1. The average molecular weight is 586 g/mol. The Morgan fingerprint density at radius 3 is 2.33 bits per heavy atom. The van der Waals surface area contributed by atoms with E-state index >= 15 is 4.39 Å². The number of fused-ring (bicyclic) bond motifs is 1. The second kappa shape index (κ2) is 11.1. The summed E-state index contributed by atoms with van der Waals surface area (Å²) in [6.07, 6.45) is 7.50. The van der Waals surface area contributed by atoms with Gasteiger partial charge in [0.25, 0.3) is 0 Å². The lowest BCUT2D eigenvalue weighted by Gasteiger charge is -2.42. The Labute approximate surface area is 251 Å². The first-order valence-corrected chi connectivity index (χ1v) is 15.4. The topological polar surface area (TPSA) is 98.5 Å². The third kappa shape index (κ3) is 5.69. The molecule has 4 aromatic rings. The molecule has 1 aliphatic carbocycles. The number of pyridine rings is 2. The molecule has 3 fully saturated rings. The van der Waals surface area contributed by atoms with Gasteiger partial charge in [0.1, 0.15) is 17.2 Å². The number of anilines is 3. The van der Waals surface area contributed by atoms with Gasteiger partial charge in [-0.05, 0) is 70.8 Å². The molecule has 43 heavy (non-hydrogen) atoms. The number of aliphatic hydroxyl groups is 1. The summed E-state index contributed by atoms with van der Waals surface area (Å²) >= 11 is 0. The van der Waals surface area contributed by atoms with Gasteiger partial charge in [0.2, 0.25) is 5.95 Å². The van der Waals surface area contributed by atoms with Gasteiger partial charge < -0.3 is 20.2 Å². The van der Waals surface area contributed by atoms with Crippen LogP contribution in [-0.2, 0) is 5.60 Å². The standard InChI is InChI=1S/C32H40FN9O/c1-32(2,43)25-5-4-6-27(37-25)42-29(21-7-8-21)28(33)24-20-35-31(38-30(24)42)36-22-9-10-26(34-19-22)41-13-11-23(12-14-41)40-17-15-39(3)16-18-40/h4-6,9-10,19-21,23,43H,7-8,11-18H2,1-3H3,(H,35,36,38). The van der Waals surface area contributed by atoms with Crippen molar-refractivity contribution in [3.63, 3.8) is 0 Å². The molecular weight excluding hydrogens is 545 g/mol. The van der Waals surface area contributed by atoms with Crippen molar-refractivity contribution in [3.05, 3.63) is 59.9 Å². The summed E-state index contributed by atoms with van der Waals surface area (Å²) in [7, 11) is 2.20. The molecular formula is C32H40FN9O. The molecule has 11 heteroatoms. The van der Waals surface area contributed by atoms with Crippen LogP contribution in [0.1, 0.15) is 56.8 Å². The molecule has 0 unspecified atom stereocenters. The number of piperazine rings is 1. The van der Waals surface area contributed by atoms with Gasteiger partial charge in [-0.25, -0.2) is 19.3 Å². The van der Waals surface area contributed by atoms with E-state index in [9.17, 15) is 5.11 Å². The number of nitrogens with one attached hydrogen (secondary N) is 1. The highest BCUT2D eigenvalue weighted by Gasteiger charge is 2.34. The molecule has 4 aromatic heterocycles. The van der Waals surface area contributed by atoms with E-state index in [1.807, 2.05) is 24.3 Å². The number of likely N-dealkylation sites (N-methyl/N-ethyl adjacent to an activating group) is 1. The van der Waals surface area contributed by atoms with Gasteiger partial charge in [-0.3, -0.25) is 9.47 Å². The molecule has 0 spiro atoms. The number of rotatable bonds is 7. The van der Waals surface area contributed by atoms with Crippen molar-refractivity contribution in [1.29, 1.82) is 0 Å². The lowest BCUT2D eigenvalue weighted by atomic mass is 10.0. The molecule has 7 rings (SSSR count). The van der Waals surface area contributed by atoms with E-state index in [0.29, 0.717) is 40.2 Å². The first kappa shape index (κ1) is 28.1. The number of hydrogen-bond donors (Lipinski definition) is 2. The van der Waals surface area contributed by atoms with Crippen molar-refractivity contribution in [2.75, 3.05) is 56.5 Å². The molecule has 3 aliphatic rings. The minimum absolute atomic E-state index is 0.113. The molecule has 0 radical (unpaired) electrons. The second-order valence-electron chi connectivity index (χ2n) is 12.8. The maximum Gasteiger partial charge on any atom is 0.229 e. The summed E-state index contributed by atoms with van der Waals surface area (Å²) in [6, 6.07) is 10.1. The fourth-order valence-corrected chi connectivity index (χ4v) is 6.37. The third-order valence-corrected chi connectivity index (χ3v) is 9.08. The van der Waals surface area contributed by atoms with Gasteiger partial charge in [-0.2, -0.15) is 4.98 Å². The van der Waals surface area contributed by atoms with E-state index < -0.39 is 5.60 Å². The van der Waals surface area contributed by atoms with Gasteiger partial charge in [0.15, 0.2) is 11.5 Å². The van der Waals surface area contributed by atoms with Crippen molar-refractivity contribution in [2.24, 2.45) is 0 Å². The second-order valence-corrected chi connectivity index (χ2v) is 12.8. The maximum atomic E-state index is 15.7. The normalized spacial score (nSPS) is 19.3. The predicted molar refractivity (Wildman–Crippen MR) is 166 cm³/mol. The Bertz CT molecular complexity index is 1600. The largest absolute Gasteiger partial charge is 0.384 e. The van der Waals surface area contributed by atoms with E-state index in [-0.39, 0.29) is 11.7 Å². The van der Waals surface area contributed by atoms with Gasteiger partial charge in [0, 0.05) is 57.4 Å². The summed E-state index contributed by atoms with van der Waals surface area (Å²) in [5, 5.41) is 14.2. The summed E-state index contributed by atoms with van der Waals surface area (Å²) in [5.41, 5.74) is 1.17. The highest BCUT2D eigenvalue weighted by Crippen LogP contribution is 2.45. The van der Waals surface area contributed by atoms with E-state index in [0.717, 1.165) is 76.5 Å². The van der Waals surface area contributed by atoms with E-state index in [1.165, 1.54) is 6.20 Å². The minimum atomic E-state index is -1.13. The first-order chi connectivity index (χ1) is 20.7. The quantitative estimate of drug-likeness (QED) is 0.327. The third-order valence-electron chi connectivity index (χ3n) is 9.08. The summed E-state index contributed by atoms with van der Waals surface area (Å²) in [5.74, 6) is 1.67. The van der Waals surface area contributed by atoms with Gasteiger partial charge in [0.05, 0.1) is 28.7 Å². The van der Waals surface area contributed by atoms with Crippen LogP contribution in [0.4, 0.5) is 21.8 Å². The van der Waals surface area contributed by atoms with Crippen LogP contribution in [0.5, 0.6) is 0 Å². The van der Waals surface area contributed by atoms with E-state index in [4.69, 9.17) is 15.0 Å². The molecule has 226 valence electrons. The molecule has 1 saturated carbocycles. The van der Waals surface area contributed by atoms with Gasteiger partial charge in [-0.15, -0.1) is 0 Å². The van der Waals surface area contributed by atoms with Crippen LogP contribution in [0.2, 0.25) is 0 Å². The molecule has 0 amide bonds. The van der Waals surface area contributed by atoms with Crippen LogP contribution in [0, 0.1) is 5.82 Å². The Hall–Kier alpha value is -3.67. The van der Waals surface area contributed by atoms with E-state index in [1.54, 1.807) is 30.7 Å². The van der Waals surface area contributed by atoms with Crippen molar-refractivity contribution in [3.8, 4) is 5.82 Å². The minimum Gasteiger partial charge on any atom is -0.384 e. The van der Waals surface area contributed by atoms with Crippen LogP contribution in [0.15, 0.2) is 42.7 Å². The molecule has 10 nitrogen and oxygen atoms in total. The van der Waals surface area contributed by atoms with E-state index in [2.05, 4.69) is 32.0 Å². The van der Waals surface area contributed by atoms with Crippen molar-refractivity contribution >= 4 is 28.5 Å². The number of halogens is 1. The monoisotopic (exact) mass is 585 g/mol. The highest BCUT2D eigenvalue weighted by molar-refractivity contribution is 5.81. The highest BCUT2D eigenvalue weighted by atomic mass is 19.1. The summed E-state index contributed by atoms with van der Waals surface area (Å²) in [6.45, 7) is 10.0. The van der Waals surface area contributed by atoms with Crippen LogP contribution in [0.3, 0.4) is 0 Å². The zero-order chi connectivity index (χ0) is 29.7. The van der Waals surface area contributed by atoms with Crippen molar-refractivity contribution in [1.82, 2.24) is 34.3 Å². The molecule has 2 aliphatic heterocycles. The smallest absolute Gasteiger partial charge is 0.229 e. The molecule has 0 aromatic carbocycles. The Morgan fingerprint density at radius 1 is 0.884 bits per heavy atom. The maximum absolute atomic E-state index is 15.7. The van der Waals surface area contributed by atoms with Gasteiger partial charge in [-0.1, -0.05) is 6.07 Å². The lowest BCUT2D eigenvalue weighted by molar-refractivity contribution is 0.0738. The van der Waals surface area contributed by atoms with Crippen LogP contribution >= 0.6 is 0 Å². The molecule has 6 heterocycles. The summed E-state index contributed by atoms with van der Waals surface area (Å²) < 4.78 is 17.5. The number of hydrogen-bond acceptors (Lipinski definition) is 9. The Balaban J connectivity index is 1.09. The van der Waals surface area contributed by atoms with Crippen LogP contribution < -0.4 is 10.2 Å². The van der Waals surface area contributed by atoms with Crippen LogP contribution in [0.25, 0.3) is 16.9 Å².